The van der Waals surface area contributed by atoms with Crippen LogP contribution < -0.4 is 5.32 Å². The number of aliphatic hydroxyl groups is 1. The van der Waals surface area contributed by atoms with Gasteiger partial charge in [0.25, 0.3) is 5.91 Å². The Labute approximate surface area is 207 Å². The average molecular weight is 489 g/mol. The van der Waals surface area contributed by atoms with Gasteiger partial charge in [-0.2, -0.15) is 5.10 Å². The van der Waals surface area contributed by atoms with Crippen molar-refractivity contribution in [2.45, 2.75) is 25.5 Å². The van der Waals surface area contributed by atoms with Crippen molar-refractivity contribution in [3.8, 4) is 17.1 Å². The molecule has 0 radical (unpaired) electrons. The summed E-state index contributed by atoms with van der Waals surface area (Å²) in [6, 6.07) is 19.1. The van der Waals surface area contributed by atoms with E-state index in [1.165, 1.54) is 23.0 Å². The van der Waals surface area contributed by atoms with Crippen molar-refractivity contribution in [1.82, 2.24) is 20.1 Å². The lowest BCUT2D eigenvalue weighted by atomic mass is 10.0. The number of ether oxygens (including phenoxy) is 1. The average Bonchev–Trinajstić information content (AvgIpc) is 3.39. The molecular weight excluding hydrogens is 463 g/mol. The van der Waals surface area contributed by atoms with Gasteiger partial charge in [-0.05, 0) is 61.4 Å². The van der Waals surface area contributed by atoms with Crippen LogP contribution in [0.5, 0.6) is 0 Å². The van der Waals surface area contributed by atoms with Gasteiger partial charge in [0, 0.05) is 18.0 Å². The number of hydrogen-bond acceptors (Lipinski definition) is 6. The zero-order chi connectivity index (χ0) is 25.5. The predicted molar refractivity (Wildman–Crippen MR) is 131 cm³/mol. The summed E-state index contributed by atoms with van der Waals surface area (Å²) >= 11 is 0. The summed E-state index contributed by atoms with van der Waals surface area (Å²) < 4.78 is 19.7. The van der Waals surface area contributed by atoms with Crippen molar-refractivity contribution in [1.29, 1.82) is 0 Å². The summed E-state index contributed by atoms with van der Waals surface area (Å²) in [7, 11) is 0. The second-order valence-corrected chi connectivity index (χ2v) is 7.99. The highest BCUT2D eigenvalue weighted by Crippen LogP contribution is 2.20. The summed E-state index contributed by atoms with van der Waals surface area (Å²) in [5.41, 5.74) is 2.30. The molecule has 0 bridgehead atoms. The first-order valence-electron chi connectivity index (χ1n) is 11.4. The van der Waals surface area contributed by atoms with Gasteiger partial charge in [-0.3, -0.25) is 4.79 Å². The lowest BCUT2D eigenvalue weighted by molar-refractivity contribution is -0.154. The van der Waals surface area contributed by atoms with Gasteiger partial charge in [0.15, 0.2) is 11.9 Å². The zero-order valence-electron chi connectivity index (χ0n) is 19.5. The molecule has 4 rings (SSSR count). The molecular formula is C27H25FN4O4. The Morgan fingerprint density at radius 3 is 2.53 bits per heavy atom. The summed E-state index contributed by atoms with van der Waals surface area (Å²) in [5.74, 6) is -1.45. The van der Waals surface area contributed by atoms with Gasteiger partial charge in [0.1, 0.15) is 5.82 Å². The van der Waals surface area contributed by atoms with Crippen LogP contribution in [0.25, 0.3) is 17.1 Å². The number of nitrogens with one attached hydrogen (secondary N) is 1. The lowest BCUT2D eigenvalue weighted by Crippen LogP contribution is -2.49. The molecule has 0 saturated carbocycles. The SMILES string of the molecule is CCOC(=O)C(O)C(Cc1ccccc1)NC(=O)c1cccnc1-n1ccc(-c2ccc(F)cc2)n1. The number of aliphatic hydroxyl groups excluding tert-OH is 1. The molecule has 4 aromatic rings. The van der Waals surface area contributed by atoms with E-state index in [0.717, 1.165) is 5.56 Å². The lowest BCUT2D eigenvalue weighted by Gasteiger charge is -2.23. The smallest absolute Gasteiger partial charge is 0.337 e. The number of carbonyl (C=O) groups is 2. The highest BCUT2D eigenvalue weighted by Gasteiger charge is 2.30. The standard InChI is InChI=1S/C27H25FN4O4/c1-2-36-27(35)24(33)23(17-18-7-4-3-5-8-18)30-26(34)21-9-6-15-29-25(21)32-16-14-22(31-32)19-10-12-20(28)13-11-19/h3-16,23-24,33H,2,17H2,1H3,(H,30,34). The Hall–Kier alpha value is -4.37. The summed E-state index contributed by atoms with van der Waals surface area (Å²) in [6.07, 6.45) is 1.81. The molecule has 184 valence electrons. The minimum Gasteiger partial charge on any atom is -0.464 e. The molecule has 2 heterocycles. The van der Waals surface area contributed by atoms with Crippen molar-refractivity contribution in [2.24, 2.45) is 0 Å². The second kappa shape index (κ2) is 11.4. The van der Waals surface area contributed by atoms with E-state index in [2.05, 4.69) is 15.4 Å². The van der Waals surface area contributed by atoms with Crippen LogP contribution >= 0.6 is 0 Å². The molecule has 2 unspecified atom stereocenters. The van der Waals surface area contributed by atoms with Crippen molar-refractivity contribution in [3.05, 3.63) is 102 Å². The van der Waals surface area contributed by atoms with Crippen molar-refractivity contribution in [3.63, 3.8) is 0 Å². The topological polar surface area (TPSA) is 106 Å². The Balaban J connectivity index is 1.60. The minimum absolute atomic E-state index is 0.102. The molecule has 0 aliphatic heterocycles. The number of rotatable bonds is 9. The maximum atomic E-state index is 13.3. The fourth-order valence-electron chi connectivity index (χ4n) is 3.72. The van der Waals surface area contributed by atoms with Crippen molar-refractivity contribution in [2.75, 3.05) is 6.61 Å². The van der Waals surface area contributed by atoms with Crippen molar-refractivity contribution < 1.29 is 23.8 Å². The zero-order valence-corrected chi connectivity index (χ0v) is 19.5. The summed E-state index contributed by atoms with van der Waals surface area (Å²) in [6.45, 7) is 1.74. The first-order valence-corrected chi connectivity index (χ1v) is 11.4. The molecule has 2 aromatic heterocycles. The molecule has 2 aromatic carbocycles. The third-order valence-electron chi connectivity index (χ3n) is 5.50. The van der Waals surface area contributed by atoms with Gasteiger partial charge in [-0.25, -0.2) is 18.9 Å². The van der Waals surface area contributed by atoms with E-state index >= 15 is 0 Å². The number of esters is 1. The third kappa shape index (κ3) is 5.81. The Bertz CT molecular complexity index is 1330. The highest BCUT2D eigenvalue weighted by atomic mass is 19.1. The van der Waals surface area contributed by atoms with Crippen LogP contribution in [0, 0.1) is 5.82 Å². The normalized spacial score (nSPS) is 12.5. The quantitative estimate of drug-likeness (QED) is 0.350. The van der Waals surface area contributed by atoms with E-state index in [9.17, 15) is 19.1 Å². The van der Waals surface area contributed by atoms with E-state index in [4.69, 9.17) is 4.74 Å². The van der Waals surface area contributed by atoms with E-state index in [1.807, 2.05) is 30.3 Å². The van der Waals surface area contributed by atoms with Crippen molar-refractivity contribution >= 4 is 11.9 Å². The number of aromatic nitrogens is 3. The number of pyridine rings is 1. The van der Waals surface area contributed by atoms with E-state index in [1.54, 1.807) is 43.5 Å². The molecule has 0 aliphatic rings. The van der Waals surface area contributed by atoms with E-state index in [0.29, 0.717) is 11.3 Å². The van der Waals surface area contributed by atoms with Crippen LogP contribution in [-0.2, 0) is 16.0 Å². The van der Waals surface area contributed by atoms with Crippen LogP contribution in [0.15, 0.2) is 85.2 Å². The first kappa shape index (κ1) is 24.7. The Morgan fingerprint density at radius 2 is 1.81 bits per heavy atom. The maximum absolute atomic E-state index is 13.3. The number of carbonyl (C=O) groups excluding carboxylic acids is 2. The third-order valence-corrected chi connectivity index (χ3v) is 5.50. The maximum Gasteiger partial charge on any atom is 0.337 e. The molecule has 2 N–H and O–H groups in total. The Morgan fingerprint density at radius 1 is 1.06 bits per heavy atom. The molecule has 2 atom stereocenters. The number of benzene rings is 2. The fraction of sp³-hybridized carbons (Fsp3) is 0.185. The fourth-order valence-corrected chi connectivity index (χ4v) is 3.72. The molecule has 0 spiro atoms. The van der Waals surface area contributed by atoms with Crippen LogP contribution in [-0.4, -0.2) is 50.5 Å². The second-order valence-electron chi connectivity index (χ2n) is 7.99. The molecule has 8 nitrogen and oxygen atoms in total. The predicted octanol–water partition coefficient (Wildman–Crippen LogP) is 3.34. The van der Waals surface area contributed by atoms with Gasteiger partial charge < -0.3 is 15.2 Å². The summed E-state index contributed by atoms with van der Waals surface area (Å²) in [5, 5.41) is 17.9. The van der Waals surface area contributed by atoms with Gasteiger partial charge >= 0.3 is 5.97 Å². The van der Waals surface area contributed by atoms with Crippen LogP contribution in [0.4, 0.5) is 4.39 Å². The van der Waals surface area contributed by atoms with Gasteiger partial charge in [0.2, 0.25) is 0 Å². The number of amides is 1. The molecule has 0 fully saturated rings. The van der Waals surface area contributed by atoms with Crippen LogP contribution in [0.1, 0.15) is 22.8 Å². The molecule has 9 heteroatoms. The first-order chi connectivity index (χ1) is 17.5. The van der Waals surface area contributed by atoms with Gasteiger partial charge in [-0.15, -0.1) is 0 Å². The van der Waals surface area contributed by atoms with E-state index in [-0.39, 0.29) is 30.2 Å². The Kier molecular flexibility index (Phi) is 7.82. The number of nitrogens with zero attached hydrogens (tertiary/aromatic N) is 3. The molecule has 1 amide bonds. The highest BCUT2D eigenvalue weighted by molar-refractivity contribution is 5.97. The van der Waals surface area contributed by atoms with Gasteiger partial charge in [-0.1, -0.05) is 30.3 Å². The molecule has 0 aliphatic carbocycles. The van der Waals surface area contributed by atoms with Crippen LogP contribution in [0.3, 0.4) is 0 Å². The van der Waals surface area contributed by atoms with E-state index < -0.39 is 24.0 Å². The largest absolute Gasteiger partial charge is 0.464 e. The number of hydrogen-bond donors (Lipinski definition) is 2. The monoisotopic (exact) mass is 488 g/mol. The van der Waals surface area contributed by atoms with Crippen LogP contribution in [0.2, 0.25) is 0 Å². The number of halogens is 1. The minimum atomic E-state index is -1.57. The summed E-state index contributed by atoms with van der Waals surface area (Å²) in [4.78, 5) is 29.9. The van der Waals surface area contributed by atoms with Gasteiger partial charge in [0.05, 0.1) is 23.9 Å². The molecule has 36 heavy (non-hydrogen) atoms. The molecule has 0 saturated heterocycles.